The number of amides is 2. The first kappa shape index (κ1) is 23.5. The van der Waals surface area contributed by atoms with E-state index in [0.717, 1.165) is 44.0 Å². The van der Waals surface area contributed by atoms with Crippen molar-refractivity contribution in [1.82, 2.24) is 0 Å². The summed E-state index contributed by atoms with van der Waals surface area (Å²) in [5.74, 6) is -0.130. The minimum absolute atomic E-state index is 0.0652. The Morgan fingerprint density at radius 2 is 0.882 bits per heavy atom. The first-order valence-corrected chi connectivity index (χ1v) is 11.6. The average molecular weight is 453 g/mol. The van der Waals surface area contributed by atoms with Gasteiger partial charge in [0.1, 0.15) is 0 Å². The van der Waals surface area contributed by atoms with Gasteiger partial charge in [0.25, 0.3) is 0 Å². The van der Waals surface area contributed by atoms with Gasteiger partial charge >= 0.3 is 0 Å². The number of anilines is 2. The molecule has 2 amide bonds. The van der Waals surface area contributed by atoms with Crippen LogP contribution in [-0.2, 0) is 9.59 Å². The second-order valence-electron chi connectivity index (χ2n) is 10.8. The number of hydrogen-bond acceptors (Lipinski definition) is 2. The Morgan fingerprint density at radius 1 is 0.529 bits per heavy atom. The smallest absolute Gasteiger partial charge is 0.229 e. The molecular formula is C30H32N2O2. The fourth-order valence-electron chi connectivity index (χ4n) is 3.91. The van der Waals surface area contributed by atoms with Gasteiger partial charge in [0.2, 0.25) is 11.8 Å². The Bertz CT molecular complexity index is 1300. The third-order valence-electron chi connectivity index (χ3n) is 5.97. The molecule has 0 saturated carbocycles. The number of carbonyl (C=O) groups excluding carboxylic acids is 2. The van der Waals surface area contributed by atoms with Crippen LogP contribution in [0.1, 0.15) is 41.5 Å². The van der Waals surface area contributed by atoms with Gasteiger partial charge in [-0.3, -0.25) is 9.59 Å². The van der Waals surface area contributed by atoms with Crippen LogP contribution in [0.2, 0.25) is 0 Å². The van der Waals surface area contributed by atoms with Crippen molar-refractivity contribution in [2.24, 2.45) is 10.8 Å². The molecule has 4 heteroatoms. The number of carbonyl (C=O) groups is 2. The van der Waals surface area contributed by atoms with E-state index >= 15 is 0 Å². The lowest BCUT2D eigenvalue weighted by Crippen LogP contribution is -2.28. The van der Waals surface area contributed by atoms with E-state index in [-0.39, 0.29) is 11.8 Å². The topological polar surface area (TPSA) is 58.2 Å². The second-order valence-corrected chi connectivity index (χ2v) is 10.8. The van der Waals surface area contributed by atoms with Crippen LogP contribution in [0.15, 0.2) is 72.8 Å². The van der Waals surface area contributed by atoms with Crippen LogP contribution in [0.3, 0.4) is 0 Å². The summed E-state index contributed by atoms with van der Waals surface area (Å²) in [5, 5.41) is 10.5. The van der Waals surface area contributed by atoms with Crippen molar-refractivity contribution in [3.8, 4) is 11.1 Å². The molecule has 0 unspecified atom stereocenters. The molecule has 4 rings (SSSR count). The van der Waals surface area contributed by atoms with Gasteiger partial charge < -0.3 is 10.6 Å². The van der Waals surface area contributed by atoms with Gasteiger partial charge in [0.05, 0.1) is 0 Å². The molecule has 4 nitrogen and oxygen atoms in total. The zero-order chi connectivity index (χ0) is 24.7. The number of nitrogens with one attached hydrogen (secondary N) is 2. The monoisotopic (exact) mass is 452 g/mol. The summed E-state index contributed by atoms with van der Waals surface area (Å²) >= 11 is 0. The van der Waals surface area contributed by atoms with Gasteiger partial charge in [0, 0.05) is 33.3 Å². The normalized spacial score (nSPS) is 12.1. The maximum atomic E-state index is 13.0. The van der Waals surface area contributed by atoms with E-state index in [1.54, 1.807) is 0 Å². The molecule has 0 atom stereocenters. The summed E-state index contributed by atoms with van der Waals surface area (Å²) in [4.78, 5) is 26.1. The van der Waals surface area contributed by atoms with Gasteiger partial charge in [-0.05, 0) is 33.7 Å². The quantitative estimate of drug-likeness (QED) is 0.336. The molecule has 0 aromatic heterocycles. The standard InChI is InChI=1S/C30H32N2O2/c1-29(2,3)27(33)31-23-17-15-19-11-7-9-13-21(19)25(23)26-22-14-10-8-12-20(22)16-18-24(26)32-28(34)30(4,5)6/h7-18H,1-6H3,(H,31,33)(H,32,34). The van der Waals surface area contributed by atoms with Crippen molar-refractivity contribution in [3.63, 3.8) is 0 Å². The van der Waals surface area contributed by atoms with Gasteiger partial charge in [-0.15, -0.1) is 0 Å². The van der Waals surface area contributed by atoms with E-state index in [0.29, 0.717) is 0 Å². The highest BCUT2D eigenvalue weighted by Crippen LogP contribution is 2.44. The molecule has 4 aromatic carbocycles. The Balaban J connectivity index is 2.06. The van der Waals surface area contributed by atoms with Gasteiger partial charge in [-0.1, -0.05) is 102 Å². The summed E-state index contributed by atoms with van der Waals surface area (Å²) < 4.78 is 0. The molecule has 0 radical (unpaired) electrons. The lowest BCUT2D eigenvalue weighted by Gasteiger charge is -2.24. The van der Waals surface area contributed by atoms with E-state index in [9.17, 15) is 9.59 Å². The summed E-state index contributed by atoms with van der Waals surface area (Å²) in [6.07, 6.45) is 0. The van der Waals surface area contributed by atoms with Crippen LogP contribution < -0.4 is 10.6 Å². The molecule has 0 heterocycles. The maximum Gasteiger partial charge on any atom is 0.229 e. The lowest BCUT2D eigenvalue weighted by atomic mass is 9.89. The minimum atomic E-state index is -0.551. The molecule has 0 fully saturated rings. The Morgan fingerprint density at radius 3 is 1.24 bits per heavy atom. The average Bonchev–Trinajstić information content (AvgIpc) is 2.78. The van der Waals surface area contributed by atoms with E-state index in [2.05, 4.69) is 34.9 Å². The predicted octanol–water partition coefficient (Wildman–Crippen LogP) is 7.63. The van der Waals surface area contributed by atoms with Crippen LogP contribution in [0, 0.1) is 10.8 Å². The van der Waals surface area contributed by atoms with Crippen LogP contribution >= 0.6 is 0 Å². The van der Waals surface area contributed by atoms with Crippen LogP contribution in [0.25, 0.3) is 32.7 Å². The van der Waals surface area contributed by atoms with Gasteiger partial charge in [-0.2, -0.15) is 0 Å². The molecular weight excluding hydrogens is 420 g/mol. The third kappa shape index (κ3) is 4.54. The summed E-state index contributed by atoms with van der Waals surface area (Å²) in [7, 11) is 0. The largest absolute Gasteiger partial charge is 0.325 e. The van der Waals surface area contributed by atoms with E-state index in [4.69, 9.17) is 0 Å². The summed E-state index contributed by atoms with van der Waals surface area (Å²) in [6.45, 7) is 11.4. The zero-order valence-electron chi connectivity index (χ0n) is 20.7. The molecule has 0 bridgehead atoms. The first-order chi connectivity index (χ1) is 16.0. The summed E-state index contributed by atoms with van der Waals surface area (Å²) in [6, 6.07) is 24.2. The fraction of sp³-hybridized carbons (Fsp3) is 0.267. The first-order valence-electron chi connectivity index (χ1n) is 11.6. The second kappa shape index (κ2) is 8.60. The maximum absolute atomic E-state index is 13.0. The highest BCUT2D eigenvalue weighted by molar-refractivity contribution is 6.17. The molecule has 0 aliphatic carbocycles. The molecule has 34 heavy (non-hydrogen) atoms. The highest BCUT2D eigenvalue weighted by atomic mass is 16.2. The molecule has 2 N–H and O–H groups in total. The Kier molecular flexibility index (Phi) is 5.94. The Hall–Kier alpha value is -3.66. The van der Waals surface area contributed by atoms with Crippen molar-refractivity contribution in [2.45, 2.75) is 41.5 Å². The van der Waals surface area contributed by atoms with Crippen molar-refractivity contribution >= 4 is 44.7 Å². The molecule has 0 aliphatic heterocycles. The molecule has 0 aliphatic rings. The lowest BCUT2D eigenvalue weighted by molar-refractivity contribution is -0.123. The zero-order valence-corrected chi connectivity index (χ0v) is 20.7. The highest BCUT2D eigenvalue weighted by Gasteiger charge is 2.26. The van der Waals surface area contributed by atoms with Crippen molar-refractivity contribution in [3.05, 3.63) is 72.8 Å². The number of fused-ring (bicyclic) bond motifs is 2. The molecule has 0 spiro atoms. The van der Waals surface area contributed by atoms with Gasteiger partial charge in [0.15, 0.2) is 0 Å². The van der Waals surface area contributed by atoms with Crippen molar-refractivity contribution < 1.29 is 9.59 Å². The van der Waals surface area contributed by atoms with Crippen LogP contribution in [0.4, 0.5) is 11.4 Å². The summed E-state index contributed by atoms with van der Waals surface area (Å²) in [5.41, 5.74) is 2.14. The number of rotatable bonds is 3. The van der Waals surface area contributed by atoms with Crippen LogP contribution in [-0.4, -0.2) is 11.8 Å². The molecule has 174 valence electrons. The van der Waals surface area contributed by atoms with Crippen molar-refractivity contribution in [1.29, 1.82) is 0 Å². The SMILES string of the molecule is CC(C)(C)C(=O)Nc1ccc2ccccc2c1-c1c(NC(=O)C(C)(C)C)ccc2ccccc12. The van der Waals surface area contributed by atoms with E-state index < -0.39 is 10.8 Å². The van der Waals surface area contributed by atoms with Crippen LogP contribution in [0.5, 0.6) is 0 Å². The fourth-order valence-corrected chi connectivity index (χ4v) is 3.91. The van der Waals surface area contributed by atoms with E-state index in [1.807, 2.05) is 90.1 Å². The predicted molar refractivity (Wildman–Crippen MR) is 143 cm³/mol. The van der Waals surface area contributed by atoms with Crippen molar-refractivity contribution in [2.75, 3.05) is 10.6 Å². The van der Waals surface area contributed by atoms with E-state index in [1.165, 1.54) is 0 Å². The number of hydrogen-bond donors (Lipinski definition) is 2. The number of benzene rings is 4. The third-order valence-corrected chi connectivity index (χ3v) is 5.97. The molecule has 0 saturated heterocycles. The van der Waals surface area contributed by atoms with Gasteiger partial charge in [-0.25, -0.2) is 0 Å². The molecule has 4 aromatic rings. The minimum Gasteiger partial charge on any atom is -0.325 e. The Labute approximate surface area is 201 Å².